The van der Waals surface area contributed by atoms with Crippen molar-refractivity contribution in [2.75, 3.05) is 13.2 Å². The second-order valence-electron chi connectivity index (χ2n) is 3.44. The van der Waals surface area contributed by atoms with E-state index in [1.54, 1.807) is 0 Å². The molecular formula is C11H14N4O2. The first kappa shape index (κ1) is 11.5. The van der Waals surface area contributed by atoms with Crippen LogP contribution >= 0.6 is 0 Å². The van der Waals surface area contributed by atoms with Crippen molar-refractivity contribution in [3.8, 4) is 5.75 Å². The van der Waals surface area contributed by atoms with Crippen LogP contribution in [-0.4, -0.2) is 38.5 Å². The fourth-order valence-electron chi connectivity index (χ4n) is 1.34. The maximum Gasteiger partial charge on any atom is 0.178 e. The molecule has 1 aromatic carbocycles. The fourth-order valence-corrected chi connectivity index (χ4v) is 1.34. The molecule has 0 fully saturated rings. The van der Waals surface area contributed by atoms with Crippen molar-refractivity contribution in [3.05, 3.63) is 36.2 Å². The molecule has 1 heterocycles. The minimum Gasteiger partial charge on any atom is -0.493 e. The van der Waals surface area contributed by atoms with Gasteiger partial charge in [0.2, 0.25) is 0 Å². The Hall–Kier alpha value is -1.95. The van der Waals surface area contributed by atoms with E-state index in [1.807, 2.05) is 30.3 Å². The molecule has 0 radical (unpaired) electrons. The first-order valence-electron chi connectivity index (χ1n) is 5.44. The Morgan fingerprint density at radius 2 is 2.06 bits per heavy atom. The number of hydrogen-bond donors (Lipinski definition) is 1. The molecule has 17 heavy (non-hydrogen) atoms. The summed E-state index contributed by atoms with van der Waals surface area (Å²) in [6, 6.07) is 9.58. The number of hydrogen-bond acceptors (Lipinski definition) is 5. The Morgan fingerprint density at radius 3 is 2.82 bits per heavy atom. The molecule has 0 aliphatic carbocycles. The monoisotopic (exact) mass is 234 g/mol. The Labute approximate surface area is 98.8 Å². The van der Waals surface area contributed by atoms with Gasteiger partial charge in [0, 0.05) is 6.42 Å². The highest BCUT2D eigenvalue weighted by molar-refractivity contribution is 5.20. The maximum atomic E-state index is 8.70. The van der Waals surface area contributed by atoms with Gasteiger partial charge in [-0.05, 0) is 17.3 Å². The second kappa shape index (κ2) is 5.95. The van der Waals surface area contributed by atoms with E-state index in [4.69, 9.17) is 9.84 Å². The highest BCUT2D eigenvalue weighted by Crippen LogP contribution is 2.08. The molecule has 1 N–H and O–H groups in total. The zero-order valence-electron chi connectivity index (χ0n) is 9.36. The van der Waals surface area contributed by atoms with Gasteiger partial charge < -0.3 is 9.84 Å². The number of para-hydroxylation sites is 1. The van der Waals surface area contributed by atoms with Crippen molar-refractivity contribution in [1.82, 2.24) is 20.2 Å². The summed E-state index contributed by atoms with van der Waals surface area (Å²) in [6.07, 6.45) is 0.598. The van der Waals surface area contributed by atoms with Crippen LogP contribution in [0.15, 0.2) is 30.3 Å². The molecule has 0 bridgehead atoms. The third-order valence-corrected chi connectivity index (χ3v) is 2.13. The van der Waals surface area contributed by atoms with E-state index >= 15 is 0 Å². The molecule has 6 nitrogen and oxygen atoms in total. The van der Waals surface area contributed by atoms with Crippen LogP contribution in [0.5, 0.6) is 5.75 Å². The highest BCUT2D eigenvalue weighted by atomic mass is 16.5. The Bertz CT molecular complexity index is 444. The van der Waals surface area contributed by atoms with Crippen molar-refractivity contribution in [1.29, 1.82) is 0 Å². The standard InChI is InChI=1S/C11H14N4O2/c16-8-7-15-13-11(12-14-15)6-9-17-10-4-2-1-3-5-10/h1-5,16H,6-9H2. The molecule has 0 atom stereocenters. The number of rotatable bonds is 6. The van der Waals surface area contributed by atoms with Crippen molar-refractivity contribution in [2.24, 2.45) is 0 Å². The third-order valence-electron chi connectivity index (χ3n) is 2.13. The molecule has 0 aliphatic heterocycles. The van der Waals surface area contributed by atoms with Crippen molar-refractivity contribution in [3.63, 3.8) is 0 Å². The van der Waals surface area contributed by atoms with Gasteiger partial charge in [0.1, 0.15) is 5.75 Å². The minimum absolute atomic E-state index is 0.0102. The molecule has 0 saturated carbocycles. The Morgan fingerprint density at radius 1 is 1.24 bits per heavy atom. The number of benzene rings is 1. The normalized spacial score (nSPS) is 10.4. The van der Waals surface area contributed by atoms with E-state index in [9.17, 15) is 0 Å². The van der Waals surface area contributed by atoms with Gasteiger partial charge in [-0.1, -0.05) is 18.2 Å². The third kappa shape index (κ3) is 3.53. The molecule has 0 unspecified atom stereocenters. The van der Waals surface area contributed by atoms with E-state index in [0.717, 1.165) is 5.75 Å². The van der Waals surface area contributed by atoms with Gasteiger partial charge in [0.25, 0.3) is 0 Å². The Balaban J connectivity index is 1.78. The minimum atomic E-state index is 0.0102. The maximum absolute atomic E-state index is 8.70. The largest absolute Gasteiger partial charge is 0.493 e. The zero-order chi connectivity index (χ0) is 11.9. The van der Waals surface area contributed by atoms with Gasteiger partial charge in [-0.25, -0.2) is 0 Å². The summed E-state index contributed by atoms with van der Waals surface area (Å²) >= 11 is 0. The fraction of sp³-hybridized carbons (Fsp3) is 0.364. The number of aliphatic hydroxyl groups excluding tert-OH is 1. The quantitative estimate of drug-likeness (QED) is 0.777. The van der Waals surface area contributed by atoms with E-state index in [1.165, 1.54) is 4.80 Å². The number of aliphatic hydroxyl groups is 1. The summed E-state index contributed by atoms with van der Waals surface area (Å²) in [5.41, 5.74) is 0. The molecule has 2 rings (SSSR count). The molecule has 6 heteroatoms. The summed E-state index contributed by atoms with van der Waals surface area (Å²) in [7, 11) is 0. The van der Waals surface area contributed by atoms with Crippen LogP contribution < -0.4 is 4.74 Å². The molecule has 0 spiro atoms. The van der Waals surface area contributed by atoms with Gasteiger partial charge in [0.05, 0.1) is 19.8 Å². The van der Waals surface area contributed by atoms with Gasteiger partial charge in [-0.15, -0.1) is 10.2 Å². The smallest absolute Gasteiger partial charge is 0.178 e. The lowest BCUT2D eigenvalue weighted by molar-refractivity contribution is 0.258. The zero-order valence-corrected chi connectivity index (χ0v) is 9.36. The molecule has 1 aromatic heterocycles. The van der Waals surface area contributed by atoms with E-state index in [0.29, 0.717) is 25.4 Å². The summed E-state index contributed by atoms with van der Waals surface area (Å²) in [5, 5.41) is 20.4. The van der Waals surface area contributed by atoms with Crippen molar-refractivity contribution >= 4 is 0 Å². The predicted molar refractivity (Wildman–Crippen MR) is 60.5 cm³/mol. The summed E-state index contributed by atoms with van der Waals surface area (Å²) < 4.78 is 5.51. The SMILES string of the molecule is OCCn1nnc(CCOc2ccccc2)n1. The van der Waals surface area contributed by atoms with Crippen LogP contribution in [0.2, 0.25) is 0 Å². The van der Waals surface area contributed by atoms with Crippen molar-refractivity contribution < 1.29 is 9.84 Å². The lowest BCUT2D eigenvalue weighted by Gasteiger charge is -2.02. The van der Waals surface area contributed by atoms with E-state index in [2.05, 4.69) is 15.4 Å². The first-order chi connectivity index (χ1) is 8.38. The lowest BCUT2D eigenvalue weighted by Crippen LogP contribution is -2.07. The number of aromatic nitrogens is 4. The van der Waals surface area contributed by atoms with Crippen LogP contribution in [0.25, 0.3) is 0 Å². The summed E-state index contributed by atoms with van der Waals surface area (Å²) in [4.78, 5) is 1.37. The number of tetrazole rings is 1. The molecule has 0 amide bonds. The van der Waals surface area contributed by atoms with Crippen LogP contribution in [0, 0.1) is 0 Å². The molecular weight excluding hydrogens is 220 g/mol. The lowest BCUT2D eigenvalue weighted by atomic mass is 10.3. The number of nitrogens with zero attached hydrogens (tertiary/aromatic N) is 4. The van der Waals surface area contributed by atoms with Crippen LogP contribution in [-0.2, 0) is 13.0 Å². The molecule has 2 aromatic rings. The van der Waals surface area contributed by atoms with Gasteiger partial charge in [-0.3, -0.25) is 0 Å². The van der Waals surface area contributed by atoms with Gasteiger partial charge >= 0.3 is 0 Å². The topological polar surface area (TPSA) is 73.1 Å². The molecule has 90 valence electrons. The Kier molecular flexibility index (Phi) is 4.04. The first-order valence-corrected chi connectivity index (χ1v) is 5.44. The number of ether oxygens (including phenoxy) is 1. The van der Waals surface area contributed by atoms with E-state index < -0.39 is 0 Å². The van der Waals surface area contributed by atoms with Crippen molar-refractivity contribution in [2.45, 2.75) is 13.0 Å². The summed E-state index contributed by atoms with van der Waals surface area (Å²) in [5.74, 6) is 1.45. The van der Waals surface area contributed by atoms with Crippen LogP contribution in [0.3, 0.4) is 0 Å². The summed E-state index contributed by atoms with van der Waals surface area (Å²) in [6.45, 7) is 0.887. The molecule has 0 aliphatic rings. The van der Waals surface area contributed by atoms with Gasteiger partial charge in [-0.2, -0.15) is 4.80 Å². The average molecular weight is 234 g/mol. The molecule has 0 saturated heterocycles. The predicted octanol–water partition coefficient (Wildman–Crippen LogP) is 0.287. The highest BCUT2D eigenvalue weighted by Gasteiger charge is 2.02. The second-order valence-corrected chi connectivity index (χ2v) is 3.44. The van der Waals surface area contributed by atoms with Crippen LogP contribution in [0.1, 0.15) is 5.82 Å². The average Bonchev–Trinajstić information content (AvgIpc) is 2.79. The van der Waals surface area contributed by atoms with E-state index in [-0.39, 0.29) is 6.61 Å². The van der Waals surface area contributed by atoms with Gasteiger partial charge in [0.15, 0.2) is 5.82 Å². The van der Waals surface area contributed by atoms with Crippen LogP contribution in [0.4, 0.5) is 0 Å².